The number of benzene rings is 1. The first-order chi connectivity index (χ1) is 12.3. The molecule has 2 aromatic rings. The van der Waals surface area contributed by atoms with E-state index in [4.69, 9.17) is 20.8 Å². The van der Waals surface area contributed by atoms with Crippen molar-refractivity contribution in [3.05, 3.63) is 57.1 Å². The number of thioether (sulfide) groups is 1. The van der Waals surface area contributed by atoms with Gasteiger partial charge in [0, 0.05) is 16.9 Å². The van der Waals surface area contributed by atoms with Crippen LogP contribution in [0.1, 0.15) is 37.7 Å². The Morgan fingerprint density at radius 3 is 2.65 bits per heavy atom. The first-order valence-electron chi connectivity index (χ1n) is 8.13. The molecule has 5 nitrogen and oxygen atoms in total. The Hall–Kier alpha value is -1.92. The second kappa shape index (κ2) is 9.14. The molecule has 1 heterocycles. The average Bonchev–Trinajstić information content (AvgIpc) is 2.61. The molecule has 140 valence electrons. The highest BCUT2D eigenvalue weighted by atomic mass is 35.5. The number of aromatic hydroxyl groups is 1. The smallest absolute Gasteiger partial charge is 0.306 e. The van der Waals surface area contributed by atoms with Crippen molar-refractivity contribution >= 4 is 29.3 Å². The highest BCUT2D eigenvalue weighted by molar-refractivity contribution is 7.98. The van der Waals surface area contributed by atoms with Gasteiger partial charge in [-0.15, -0.1) is 11.8 Å². The summed E-state index contributed by atoms with van der Waals surface area (Å²) in [4.78, 5) is 24.7. The first kappa shape index (κ1) is 20.4. The maximum Gasteiger partial charge on any atom is 0.306 e. The Morgan fingerprint density at radius 2 is 2.04 bits per heavy atom. The molecule has 0 fully saturated rings. The molecule has 2 rings (SSSR count). The number of halogens is 1. The number of carbonyl (C=O) groups excluding carboxylic acids is 1. The first-order valence-corrected chi connectivity index (χ1v) is 9.49. The van der Waals surface area contributed by atoms with E-state index in [-0.39, 0.29) is 18.1 Å². The summed E-state index contributed by atoms with van der Waals surface area (Å²) >= 11 is 7.56. The van der Waals surface area contributed by atoms with Gasteiger partial charge in [0.25, 0.3) is 0 Å². The SMILES string of the molecule is COC(=O)C[C@@H](c1oc(CSc2ccccc2Cl)cc(=O)c1O)C(C)C. The highest BCUT2D eigenvalue weighted by Crippen LogP contribution is 2.35. The van der Waals surface area contributed by atoms with Crippen molar-refractivity contribution in [3.63, 3.8) is 0 Å². The van der Waals surface area contributed by atoms with Crippen LogP contribution in [0.15, 0.2) is 44.4 Å². The number of hydrogen-bond donors (Lipinski definition) is 1. The quantitative estimate of drug-likeness (QED) is 0.544. The maximum atomic E-state index is 12.2. The Kier molecular flexibility index (Phi) is 7.17. The third kappa shape index (κ3) is 5.05. The molecule has 1 N–H and O–H groups in total. The van der Waals surface area contributed by atoms with Crippen LogP contribution in [0.2, 0.25) is 5.02 Å². The summed E-state index contributed by atoms with van der Waals surface area (Å²) in [5, 5.41) is 10.8. The van der Waals surface area contributed by atoms with Crippen molar-refractivity contribution in [2.75, 3.05) is 7.11 Å². The number of esters is 1. The van der Waals surface area contributed by atoms with Crippen LogP contribution in [0.3, 0.4) is 0 Å². The Morgan fingerprint density at radius 1 is 1.35 bits per heavy atom. The van der Waals surface area contributed by atoms with Crippen molar-refractivity contribution < 1.29 is 19.1 Å². The zero-order chi connectivity index (χ0) is 19.3. The topological polar surface area (TPSA) is 76.7 Å². The minimum absolute atomic E-state index is 0.0196. The molecule has 0 aliphatic heterocycles. The molecule has 0 spiro atoms. The average molecular weight is 397 g/mol. The van der Waals surface area contributed by atoms with Gasteiger partial charge in [-0.2, -0.15) is 0 Å². The minimum Gasteiger partial charge on any atom is -0.502 e. The van der Waals surface area contributed by atoms with Crippen LogP contribution in [0.4, 0.5) is 0 Å². The minimum atomic E-state index is -0.531. The zero-order valence-electron chi connectivity index (χ0n) is 14.8. The van der Waals surface area contributed by atoms with E-state index >= 15 is 0 Å². The summed E-state index contributed by atoms with van der Waals surface area (Å²) in [6.45, 7) is 3.77. The van der Waals surface area contributed by atoms with Crippen molar-refractivity contribution in [2.24, 2.45) is 5.92 Å². The van der Waals surface area contributed by atoms with E-state index in [1.807, 2.05) is 32.0 Å². The molecule has 0 aliphatic carbocycles. The van der Waals surface area contributed by atoms with Crippen molar-refractivity contribution in [1.29, 1.82) is 0 Å². The lowest BCUT2D eigenvalue weighted by Gasteiger charge is -2.20. The van der Waals surface area contributed by atoms with Gasteiger partial charge in [0.15, 0.2) is 5.76 Å². The van der Waals surface area contributed by atoms with Crippen LogP contribution < -0.4 is 5.43 Å². The van der Waals surface area contributed by atoms with Gasteiger partial charge in [-0.1, -0.05) is 37.6 Å². The van der Waals surface area contributed by atoms with Crippen molar-refractivity contribution in [3.8, 4) is 5.75 Å². The number of methoxy groups -OCH3 is 1. The number of hydrogen-bond acceptors (Lipinski definition) is 6. The standard InChI is InChI=1S/C19H21ClO5S/c1-11(2)13(9-17(22)24-3)19-18(23)15(21)8-12(25-19)10-26-16-7-5-4-6-14(16)20/h4-8,11,13,23H,9-10H2,1-3H3/t13-/m1/s1. The van der Waals surface area contributed by atoms with Crippen LogP contribution in [-0.2, 0) is 15.3 Å². The van der Waals surface area contributed by atoms with Gasteiger partial charge < -0.3 is 14.3 Å². The molecule has 1 atom stereocenters. The third-order valence-corrected chi connectivity index (χ3v) is 5.50. The molecule has 1 aromatic heterocycles. The normalized spacial score (nSPS) is 12.2. The van der Waals surface area contributed by atoms with Crippen LogP contribution in [0.5, 0.6) is 5.75 Å². The van der Waals surface area contributed by atoms with Crippen LogP contribution >= 0.6 is 23.4 Å². The van der Waals surface area contributed by atoms with Gasteiger partial charge in [-0.3, -0.25) is 9.59 Å². The molecular formula is C19H21ClO5S. The highest BCUT2D eigenvalue weighted by Gasteiger charge is 2.27. The van der Waals surface area contributed by atoms with E-state index in [2.05, 4.69) is 0 Å². The molecule has 1 aromatic carbocycles. The van der Waals surface area contributed by atoms with Gasteiger partial charge in [-0.05, 0) is 18.1 Å². The zero-order valence-corrected chi connectivity index (χ0v) is 16.4. The van der Waals surface area contributed by atoms with Crippen LogP contribution in [0.25, 0.3) is 0 Å². The summed E-state index contributed by atoms with van der Waals surface area (Å²) in [7, 11) is 1.30. The Bertz CT molecular complexity index is 831. The van der Waals surface area contributed by atoms with Gasteiger partial charge in [-0.25, -0.2) is 0 Å². The van der Waals surface area contributed by atoms with Crippen LogP contribution in [0, 0.1) is 5.92 Å². The molecule has 7 heteroatoms. The van der Waals surface area contributed by atoms with Gasteiger partial charge in [0.1, 0.15) is 5.76 Å². The predicted octanol–water partition coefficient (Wildman–Crippen LogP) is 4.59. The van der Waals surface area contributed by atoms with E-state index in [1.54, 1.807) is 6.07 Å². The summed E-state index contributed by atoms with van der Waals surface area (Å²) < 4.78 is 10.5. The second-order valence-corrected chi connectivity index (χ2v) is 7.56. The molecular weight excluding hydrogens is 376 g/mol. The predicted molar refractivity (Wildman–Crippen MR) is 102 cm³/mol. The second-order valence-electron chi connectivity index (χ2n) is 6.14. The van der Waals surface area contributed by atoms with E-state index in [0.29, 0.717) is 16.5 Å². The summed E-state index contributed by atoms with van der Waals surface area (Å²) in [6.07, 6.45) is 0.0196. The number of ether oxygens (including phenoxy) is 1. The largest absolute Gasteiger partial charge is 0.502 e. The molecule has 0 radical (unpaired) electrons. The lowest BCUT2D eigenvalue weighted by atomic mass is 9.89. The molecule has 0 unspecified atom stereocenters. The van der Waals surface area contributed by atoms with Gasteiger partial charge in [0.05, 0.1) is 24.3 Å². The Balaban J connectivity index is 2.31. The number of carbonyl (C=O) groups is 1. The van der Waals surface area contributed by atoms with Crippen molar-refractivity contribution in [2.45, 2.75) is 36.8 Å². The number of rotatable bonds is 7. The molecule has 0 bridgehead atoms. The van der Waals surface area contributed by atoms with E-state index in [1.165, 1.54) is 24.9 Å². The van der Waals surface area contributed by atoms with E-state index < -0.39 is 23.1 Å². The van der Waals surface area contributed by atoms with E-state index in [9.17, 15) is 14.7 Å². The molecule has 0 amide bonds. The third-order valence-electron chi connectivity index (χ3n) is 3.96. The summed E-state index contributed by atoms with van der Waals surface area (Å²) in [6, 6.07) is 8.63. The van der Waals surface area contributed by atoms with Crippen LogP contribution in [-0.4, -0.2) is 18.2 Å². The maximum absolute atomic E-state index is 12.2. The fraction of sp³-hybridized carbons (Fsp3) is 0.368. The molecule has 0 aliphatic rings. The van der Waals surface area contributed by atoms with Gasteiger partial charge >= 0.3 is 5.97 Å². The fourth-order valence-corrected chi connectivity index (χ4v) is 3.60. The lowest BCUT2D eigenvalue weighted by Crippen LogP contribution is -2.16. The fourth-order valence-electron chi connectivity index (χ4n) is 2.48. The summed E-state index contributed by atoms with van der Waals surface area (Å²) in [5.74, 6) is -0.485. The monoisotopic (exact) mass is 396 g/mol. The summed E-state index contributed by atoms with van der Waals surface area (Å²) in [5.41, 5.74) is -0.531. The van der Waals surface area contributed by atoms with Gasteiger partial charge in [0.2, 0.25) is 11.2 Å². The molecule has 26 heavy (non-hydrogen) atoms. The molecule has 0 saturated heterocycles. The molecule has 0 saturated carbocycles. The Labute approximate surface area is 161 Å². The lowest BCUT2D eigenvalue weighted by molar-refractivity contribution is -0.141. The van der Waals surface area contributed by atoms with Crippen molar-refractivity contribution in [1.82, 2.24) is 0 Å². The van der Waals surface area contributed by atoms with E-state index in [0.717, 1.165) is 4.90 Å².